The molecule has 1 aliphatic rings. The highest BCUT2D eigenvalue weighted by molar-refractivity contribution is 5.56. The zero-order chi connectivity index (χ0) is 15.2. The van der Waals surface area contributed by atoms with E-state index in [-0.39, 0.29) is 12.1 Å². The number of methoxy groups -OCH3 is 3. The molecule has 5 heteroatoms. The number of ether oxygens (including phenoxy) is 4. The first-order valence-electron chi connectivity index (χ1n) is 7.34. The van der Waals surface area contributed by atoms with Gasteiger partial charge < -0.3 is 24.3 Å². The van der Waals surface area contributed by atoms with Crippen LogP contribution in [-0.4, -0.2) is 41.1 Å². The quantitative estimate of drug-likeness (QED) is 0.874. The standard InChI is InChI=1S/C16H25NO4/c1-17-14(12-7-5-6-10-21-12)11-8-9-13(18-2)16(20-4)15(11)19-3/h8-9,12,14,17H,5-7,10H2,1-4H3. The maximum absolute atomic E-state index is 5.92. The van der Waals surface area contributed by atoms with E-state index in [1.165, 1.54) is 6.42 Å². The minimum absolute atomic E-state index is 0.0695. The Balaban J connectivity index is 2.40. The Morgan fingerprint density at radius 2 is 1.86 bits per heavy atom. The predicted octanol–water partition coefficient (Wildman–Crippen LogP) is 2.54. The second-order valence-corrected chi connectivity index (χ2v) is 5.09. The first-order chi connectivity index (χ1) is 10.3. The van der Waals surface area contributed by atoms with Crippen LogP contribution in [0, 0.1) is 0 Å². The Hall–Kier alpha value is -1.46. The average molecular weight is 295 g/mol. The van der Waals surface area contributed by atoms with Gasteiger partial charge in [0.25, 0.3) is 0 Å². The number of benzene rings is 1. The van der Waals surface area contributed by atoms with E-state index in [2.05, 4.69) is 5.32 Å². The van der Waals surface area contributed by atoms with Gasteiger partial charge in [-0.05, 0) is 38.4 Å². The summed E-state index contributed by atoms with van der Waals surface area (Å²) in [6, 6.07) is 3.99. The monoisotopic (exact) mass is 295 g/mol. The summed E-state index contributed by atoms with van der Waals surface area (Å²) in [6.45, 7) is 0.818. The molecule has 1 aliphatic heterocycles. The largest absolute Gasteiger partial charge is 0.493 e. The Kier molecular flexibility index (Phi) is 5.70. The van der Waals surface area contributed by atoms with Crippen molar-refractivity contribution in [3.63, 3.8) is 0 Å². The fourth-order valence-corrected chi connectivity index (χ4v) is 2.94. The van der Waals surface area contributed by atoms with Gasteiger partial charge in [-0.25, -0.2) is 0 Å². The van der Waals surface area contributed by atoms with Gasteiger partial charge in [-0.15, -0.1) is 0 Å². The fourth-order valence-electron chi connectivity index (χ4n) is 2.94. The molecule has 0 spiro atoms. The van der Waals surface area contributed by atoms with Crippen molar-refractivity contribution in [3.05, 3.63) is 17.7 Å². The number of hydrogen-bond donors (Lipinski definition) is 1. The van der Waals surface area contributed by atoms with Crippen LogP contribution in [0.3, 0.4) is 0 Å². The summed E-state index contributed by atoms with van der Waals surface area (Å²) in [6.07, 6.45) is 3.52. The van der Waals surface area contributed by atoms with Gasteiger partial charge in [0, 0.05) is 12.2 Å². The number of likely N-dealkylation sites (N-methyl/N-ethyl adjacent to an activating group) is 1. The van der Waals surface area contributed by atoms with Crippen molar-refractivity contribution in [2.45, 2.75) is 31.4 Å². The lowest BCUT2D eigenvalue weighted by atomic mass is 9.94. The van der Waals surface area contributed by atoms with Crippen LogP contribution >= 0.6 is 0 Å². The lowest BCUT2D eigenvalue weighted by Gasteiger charge is -2.31. The van der Waals surface area contributed by atoms with Gasteiger partial charge in [0.1, 0.15) is 0 Å². The minimum Gasteiger partial charge on any atom is -0.493 e. The van der Waals surface area contributed by atoms with E-state index in [0.29, 0.717) is 17.2 Å². The Morgan fingerprint density at radius 1 is 1.10 bits per heavy atom. The van der Waals surface area contributed by atoms with Gasteiger partial charge in [-0.1, -0.05) is 0 Å². The smallest absolute Gasteiger partial charge is 0.203 e. The van der Waals surface area contributed by atoms with Crippen LogP contribution in [0.4, 0.5) is 0 Å². The molecule has 21 heavy (non-hydrogen) atoms. The molecular weight excluding hydrogens is 270 g/mol. The molecule has 0 radical (unpaired) electrons. The molecule has 1 aromatic carbocycles. The number of nitrogens with one attached hydrogen (secondary N) is 1. The van der Waals surface area contributed by atoms with Crippen LogP contribution in [0.25, 0.3) is 0 Å². The molecular formula is C16H25NO4. The summed E-state index contributed by atoms with van der Waals surface area (Å²) < 4.78 is 22.3. The van der Waals surface area contributed by atoms with Crippen molar-refractivity contribution in [2.24, 2.45) is 0 Å². The lowest BCUT2D eigenvalue weighted by molar-refractivity contribution is -0.00712. The molecule has 2 atom stereocenters. The van der Waals surface area contributed by atoms with Gasteiger partial charge in [0.05, 0.1) is 33.5 Å². The molecule has 1 N–H and O–H groups in total. The fraction of sp³-hybridized carbons (Fsp3) is 0.625. The van der Waals surface area contributed by atoms with Crippen LogP contribution < -0.4 is 19.5 Å². The van der Waals surface area contributed by atoms with Crippen molar-refractivity contribution in [2.75, 3.05) is 35.0 Å². The maximum atomic E-state index is 5.92. The van der Waals surface area contributed by atoms with Gasteiger partial charge in [0.15, 0.2) is 11.5 Å². The second kappa shape index (κ2) is 7.52. The Morgan fingerprint density at radius 3 is 2.38 bits per heavy atom. The molecule has 2 unspecified atom stereocenters. The molecule has 1 heterocycles. The average Bonchev–Trinajstić information content (AvgIpc) is 2.55. The summed E-state index contributed by atoms with van der Waals surface area (Å²) in [5.74, 6) is 1.98. The van der Waals surface area contributed by atoms with E-state index in [1.807, 2.05) is 19.2 Å². The Labute approximate surface area is 126 Å². The minimum atomic E-state index is 0.0695. The molecule has 0 saturated carbocycles. The molecule has 1 fully saturated rings. The third-order valence-electron chi connectivity index (χ3n) is 3.97. The van der Waals surface area contributed by atoms with Gasteiger partial charge in [-0.2, -0.15) is 0 Å². The molecule has 1 saturated heterocycles. The van der Waals surface area contributed by atoms with E-state index < -0.39 is 0 Å². The van der Waals surface area contributed by atoms with Crippen molar-refractivity contribution in [3.8, 4) is 17.2 Å². The van der Waals surface area contributed by atoms with Crippen LogP contribution in [0.2, 0.25) is 0 Å². The molecule has 0 bridgehead atoms. The van der Waals surface area contributed by atoms with E-state index >= 15 is 0 Å². The summed E-state index contributed by atoms with van der Waals surface area (Å²) in [5.41, 5.74) is 1.03. The number of rotatable bonds is 6. The molecule has 0 aliphatic carbocycles. The van der Waals surface area contributed by atoms with Crippen molar-refractivity contribution in [1.82, 2.24) is 5.32 Å². The molecule has 1 aromatic rings. The summed E-state index contributed by atoms with van der Waals surface area (Å²) >= 11 is 0. The van der Waals surface area contributed by atoms with Crippen LogP contribution in [0.15, 0.2) is 12.1 Å². The topological polar surface area (TPSA) is 49.0 Å². The predicted molar refractivity (Wildman–Crippen MR) is 81.5 cm³/mol. The highest BCUT2D eigenvalue weighted by Crippen LogP contribution is 2.43. The maximum Gasteiger partial charge on any atom is 0.203 e. The Bertz CT molecular complexity index is 458. The zero-order valence-electron chi connectivity index (χ0n) is 13.3. The van der Waals surface area contributed by atoms with Crippen molar-refractivity contribution < 1.29 is 18.9 Å². The number of hydrogen-bond acceptors (Lipinski definition) is 5. The van der Waals surface area contributed by atoms with E-state index in [0.717, 1.165) is 25.0 Å². The van der Waals surface area contributed by atoms with E-state index in [1.54, 1.807) is 21.3 Å². The molecule has 0 amide bonds. The molecule has 2 rings (SSSR count). The van der Waals surface area contributed by atoms with Crippen LogP contribution in [-0.2, 0) is 4.74 Å². The SMILES string of the molecule is CNC(c1ccc(OC)c(OC)c1OC)C1CCCCO1. The lowest BCUT2D eigenvalue weighted by Crippen LogP contribution is -2.34. The summed E-state index contributed by atoms with van der Waals surface area (Å²) in [4.78, 5) is 0. The molecule has 118 valence electrons. The van der Waals surface area contributed by atoms with Crippen molar-refractivity contribution in [1.29, 1.82) is 0 Å². The molecule has 5 nitrogen and oxygen atoms in total. The van der Waals surface area contributed by atoms with Crippen LogP contribution in [0.1, 0.15) is 30.9 Å². The third-order valence-corrected chi connectivity index (χ3v) is 3.97. The van der Waals surface area contributed by atoms with Gasteiger partial charge in [-0.3, -0.25) is 0 Å². The van der Waals surface area contributed by atoms with E-state index in [4.69, 9.17) is 18.9 Å². The van der Waals surface area contributed by atoms with Gasteiger partial charge >= 0.3 is 0 Å². The first kappa shape index (κ1) is 15.9. The highest BCUT2D eigenvalue weighted by atomic mass is 16.5. The van der Waals surface area contributed by atoms with Crippen LogP contribution in [0.5, 0.6) is 17.2 Å². The third kappa shape index (κ3) is 3.24. The first-order valence-corrected chi connectivity index (χ1v) is 7.34. The van der Waals surface area contributed by atoms with Crippen molar-refractivity contribution >= 4 is 0 Å². The normalized spacial score (nSPS) is 19.9. The highest BCUT2D eigenvalue weighted by Gasteiger charge is 2.29. The summed E-state index contributed by atoms with van der Waals surface area (Å²) in [5, 5.41) is 3.35. The van der Waals surface area contributed by atoms with E-state index in [9.17, 15) is 0 Å². The summed E-state index contributed by atoms with van der Waals surface area (Å²) in [7, 11) is 6.83. The van der Waals surface area contributed by atoms with Gasteiger partial charge in [0.2, 0.25) is 5.75 Å². The molecule has 0 aromatic heterocycles. The second-order valence-electron chi connectivity index (χ2n) is 5.09. The zero-order valence-corrected chi connectivity index (χ0v) is 13.3.